The van der Waals surface area contributed by atoms with E-state index in [0.717, 1.165) is 0 Å². The molecule has 0 fully saturated rings. The van der Waals surface area contributed by atoms with Gasteiger partial charge in [-0.05, 0) is 5.56 Å². The van der Waals surface area contributed by atoms with Gasteiger partial charge in [-0.3, -0.25) is 4.79 Å². The van der Waals surface area contributed by atoms with Gasteiger partial charge < -0.3 is 0 Å². The first-order chi connectivity index (χ1) is 6.24. The summed E-state index contributed by atoms with van der Waals surface area (Å²) in [5, 5.41) is 0. The van der Waals surface area contributed by atoms with Crippen molar-refractivity contribution in [3.63, 3.8) is 0 Å². The maximum Gasteiger partial charge on any atom is 0.415 e. The zero-order chi connectivity index (χ0) is 9.68. The summed E-state index contributed by atoms with van der Waals surface area (Å²) in [5.74, 6) is -2.35. The fourth-order valence-corrected chi connectivity index (χ4v) is 0.896. The second-order valence-electron chi connectivity index (χ2n) is 2.45. The average molecular weight is 182 g/mol. The Morgan fingerprint density at radius 3 is 2.38 bits per heavy atom. The molecule has 0 aliphatic rings. The molecule has 0 amide bonds. The van der Waals surface area contributed by atoms with Crippen LogP contribution in [0.15, 0.2) is 30.3 Å². The Hall–Kier alpha value is -1.71. The summed E-state index contributed by atoms with van der Waals surface area (Å²) in [7, 11) is 0. The van der Waals surface area contributed by atoms with Crippen molar-refractivity contribution in [2.24, 2.45) is 0 Å². The van der Waals surface area contributed by atoms with Crippen molar-refractivity contribution in [3.8, 4) is 0 Å². The smallest absolute Gasteiger partial charge is 0.286 e. The fourth-order valence-electron chi connectivity index (χ4n) is 0.896. The van der Waals surface area contributed by atoms with Gasteiger partial charge in [-0.25, -0.2) is 9.74 Å². The summed E-state index contributed by atoms with van der Waals surface area (Å²) >= 11 is 0. The molecule has 0 aliphatic carbocycles. The molecular formula is C9H7FO3. The maximum absolute atomic E-state index is 11.3. The molecule has 0 bridgehead atoms. The van der Waals surface area contributed by atoms with E-state index >= 15 is 0 Å². The molecule has 13 heavy (non-hydrogen) atoms. The molecule has 0 aromatic heterocycles. The molecule has 0 heterocycles. The van der Waals surface area contributed by atoms with Crippen LogP contribution in [-0.4, -0.2) is 11.8 Å². The van der Waals surface area contributed by atoms with E-state index in [0.29, 0.717) is 5.56 Å². The summed E-state index contributed by atoms with van der Waals surface area (Å²) < 4.78 is 11.3. The van der Waals surface area contributed by atoms with Crippen LogP contribution >= 0.6 is 0 Å². The molecule has 0 atom stereocenters. The van der Waals surface area contributed by atoms with Gasteiger partial charge in [0.25, 0.3) is 0 Å². The van der Waals surface area contributed by atoms with Crippen LogP contribution in [0.5, 0.6) is 0 Å². The highest BCUT2D eigenvalue weighted by molar-refractivity contribution is 6.33. The van der Waals surface area contributed by atoms with Crippen LogP contribution in [0.4, 0.5) is 4.53 Å². The van der Waals surface area contributed by atoms with Gasteiger partial charge in [0.2, 0.25) is 5.78 Å². The molecule has 4 heteroatoms. The number of hydrogen-bond donors (Lipinski definition) is 0. The Morgan fingerprint density at radius 1 is 1.23 bits per heavy atom. The minimum absolute atomic E-state index is 0.135. The predicted octanol–water partition coefficient (Wildman–Crippen LogP) is 1.23. The Balaban J connectivity index is 2.60. The molecular weight excluding hydrogens is 175 g/mol. The van der Waals surface area contributed by atoms with Gasteiger partial charge >= 0.3 is 5.97 Å². The average Bonchev–Trinajstić information content (AvgIpc) is 2.18. The van der Waals surface area contributed by atoms with Gasteiger partial charge in [0, 0.05) is 10.9 Å². The highest BCUT2D eigenvalue weighted by Gasteiger charge is 2.16. The largest absolute Gasteiger partial charge is 0.415 e. The van der Waals surface area contributed by atoms with Gasteiger partial charge in [-0.15, -0.1) is 0 Å². The van der Waals surface area contributed by atoms with E-state index in [2.05, 4.69) is 4.94 Å². The standard InChI is InChI=1S/C9H7FO3/c10-13-9(12)8(11)6-7-4-2-1-3-5-7/h1-5H,6H2. The Morgan fingerprint density at radius 2 is 1.85 bits per heavy atom. The number of benzene rings is 1. The van der Waals surface area contributed by atoms with Crippen molar-refractivity contribution in [2.45, 2.75) is 6.42 Å². The second kappa shape index (κ2) is 4.35. The minimum Gasteiger partial charge on any atom is -0.286 e. The molecule has 0 unspecified atom stereocenters. The van der Waals surface area contributed by atoms with Crippen molar-refractivity contribution >= 4 is 11.8 Å². The van der Waals surface area contributed by atoms with Crippen LogP contribution in [0.3, 0.4) is 0 Å². The van der Waals surface area contributed by atoms with Crippen LogP contribution in [-0.2, 0) is 21.0 Å². The first kappa shape index (κ1) is 9.38. The quantitative estimate of drug-likeness (QED) is 0.660. The summed E-state index contributed by atoms with van der Waals surface area (Å²) in [6.07, 6.45) is -0.135. The molecule has 0 N–H and O–H groups in total. The topological polar surface area (TPSA) is 43.4 Å². The molecule has 68 valence electrons. The first-order valence-corrected chi connectivity index (χ1v) is 3.63. The summed E-state index contributed by atoms with van der Waals surface area (Å²) in [5.41, 5.74) is 0.651. The zero-order valence-corrected chi connectivity index (χ0v) is 6.70. The van der Waals surface area contributed by atoms with Gasteiger partial charge in [0.05, 0.1) is 0 Å². The molecule has 0 saturated carbocycles. The van der Waals surface area contributed by atoms with E-state index in [4.69, 9.17) is 0 Å². The Kier molecular flexibility index (Phi) is 3.14. The van der Waals surface area contributed by atoms with Gasteiger partial charge in [0.15, 0.2) is 0 Å². The number of halogens is 1. The Labute approximate surface area is 74.0 Å². The number of carbonyl (C=O) groups is 2. The van der Waals surface area contributed by atoms with E-state index in [1.807, 2.05) is 0 Å². The van der Waals surface area contributed by atoms with Crippen molar-refractivity contribution in [3.05, 3.63) is 35.9 Å². The van der Waals surface area contributed by atoms with Crippen LogP contribution in [0.1, 0.15) is 5.56 Å². The molecule has 0 saturated heterocycles. The van der Waals surface area contributed by atoms with Gasteiger partial charge in [-0.1, -0.05) is 30.3 Å². The van der Waals surface area contributed by atoms with E-state index in [9.17, 15) is 14.1 Å². The Bertz CT molecular complexity index is 308. The first-order valence-electron chi connectivity index (χ1n) is 3.63. The van der Waals surface area contributed by atoms with E-state index in [1.54, 1.807) is 30.3 Å². The third-order valence-electron chi connectivity index (χ3n) is 1.51. The van der Waals surface area contributed by atoms with Gasteiger partial charge in [0.1, 0.15) is 0 Å². The van der Waals surface area contributed by atoms with Crippen LogP contribution in [0.25, 0.3) is 0 Å². The molecule has 1 aromatic carbocycles. The SMILES string of the molecule is O=C(Cc1ccccc1)C(=O)OF. The predicted molar refractivity (Wildman–Crippen MR) is 42.4 cm³/mol. The normalized spacial score (nSPS) is 9.31. The molecule has 0 aliphatic heterocycles. The number of Topliss-reactive ketones (excluding diaryl/α,β-unsaturated/α-hetero) is 1. The maximum atomic E-state index is 11.3. The lowest BCUT2D eigenvalue weighted by Crippen LogP contribution is -2.16. The minimum atomic E-state index is -1.45. The monoisotopic (exact) mass is 182 g/mol. The third-order valence-corrected chi connectivity index (χ3v) is 1.51. The van der Waals surface area contributed by atoms with Crippen molar-refractivity contribution in [1.29, 1.82) is 0 Å². The summed E-state index contributed by atoms with van der Waals surface area (Å²) in [6, 6.07) is 8.57. The third kappa shape index (κ3) is 2.66. The molecule has 0 radical (unpaired) electrons. The van der Waals surface area contributed by atoms with E-state index < -0.39 is 11.8 Å². The number of rotatable bonds is 3. The van der Waals surface area contributed by atoms with E-state index in [-0.39, 0.29) is 6.42 Å². The highest BCUT2D eigenvalue weighted by atomic mass is 19.3. The van der Waals surface area contributed by atoms with Crippen molar-refractivity contribution < 1.29 is 19.1 Å². The molecule has 1 rings (SSSR count). The number of carbonyl (C=O) groups excluding carboxylic acids is 2. The zero-order valence-electron chi connectivity index (χ0n) is 6.70. The second-order valence-corrected chi connectivity index (χ2v) is 2.45. The summed E-state index contributed by atoms with van der Waals surface area (Å²) in [6.45, 7) is 0. The van der Waals surface area contributed by atoms with Crippen LogP contribution in [0, 0.1) is 0 Å². The number of hydrogen-bond acceptors (Lipinski definition) is 3. The van der Waals surface area contributed by atoms with Crippen LogP contribution in [0.2, 0.25) is 0 Å². The number of ketones is 1. The molecule has 3 nitrogen and oxygen atoms in total. The van der Waals surface area contributed by atoms with Crippen molar-refractivity contribution in [1.82, 2.24) is 0 Å². The van der Waals surface area contributed by atoms with Crippen LogP contribution < -0.4 is 0 Å². The van der Waals surface area contributed by atoms with Crippen molar-refractivity contribution in [2.75, 3.05) is 0 Å². The highest BCUT2D eigenvalue weighted by Crippen LogP contribution is 2.00. The summed E-state index contributed by atoms with van der Waals surface area (Å²) in [4.78, 5) is 24.0. The lowest BCUT2D eigenvalue weighted by molar-refractivity contribution is -0.185. The molecule has 1 aromatic rings. The molecule has 0 spiro atoms. The fraction of sp³-hybridized carbons (Fsp3) is 0.111. The van der Waals surface area contributed by atoms with E-state index in [1.165, 1.54) is 0 Å². The lowest BCUT2D eigenvalue weighted by atomic mass is 10.1. The lowest BCUT2D eigenvalue weighted by Gasteiger charge is -1.95. The van der Waals surface area contributed by atoms with Gasteiger partial charge in [-0.2, -0.15) is 0 Å².